The van der Waals surface area contributed by atoms with Gasteiger partial charge >= 0.3 is 0 Å². The maximum absolute atomic E-state index is 11.7. The highest BCUT2D eigenvalue weighted by Crippen LogP contribution is 2.26. The Morgan fingerprint density at radius 1 is 1.55 bits per heavy atom. The molecule has 0 spiro atoms. The molecule has 6 nitrogen and oxygen atoms in total. The van der Waals surface area contributed by atoms with E-state index in [2.05, 4.69) is 22.2 Å². The van der Waals surface area contributed by atoms with Crippen LogP contribution in [0.1, 0.15) is 13.3 Å². The van der Waals surface area contributed by atoms with Gasteiger partial charge in [0.2, 0.25) is 0 Å². The Kier molecular flexibility index (Phi) is 3.31. The monoisotopic (exact) mass is 274 g/mol. The van der Waals surface area contributed by atoms with Gasteiger partial charge in [0.05, 0.1) is 35.2 Å². The highest BCUT2D eigenvalue weighted by atomic mass is 16.5. The molecule has 20 heavy (non-hydrogen) atoms. The summed E-state index contributed by atoms with van der Waals surface area (Å²) in [6.45, 7) is 3.72. The average molecular weight is 274 g/mol. The fourth-order valence-electron chi connectivity index (χ4n) is 2.57. The number of anilines is 2. The normalized spacial score (nSPS) is 20.1. The molecule has 1 aliphatic heterocycles. The summed E-state index contributed by atoms with van der Waals surface area (Å²) in [4.78, 5) is 18.4. The predicted molar refractivity (Wildman–Crippen MR) is 78.8 cm³/mol. The van der Waals surface area contributed by atoms with Crippen LogP contribution >= 0.6 is 0 Å². The van der Waals surface area contributed by atoms with Crippen molar-refractivity contribution in [2.24, 2.45) is 5.92 Å². The topological polar surface area (TPSA) is 93.0 Å². The van der Waals surface area contributed by atoms with E-state index >= 15 is 0 Å². The second kappa shape index (κ2) is 5.13. The van der Waals surface area contributed by atoms with Crippen LogP contribution in [-0.4, -0.2) is 29.2 Å². The van der Waals surface area contributed by atoms with E-state index in [1.54, 1.807) is 6.07 Å². The van der Waals surface area contributed by atoms with Gasteiger partial charge in [-0.25, -0.2) is 4.98 Å². The van der Waals surface area contributed by atoms with E-state index < -0.39 is 0 Å². The Balaban J connectivity index is 1.91. The first-order chi connectivity index (χ1) is 9.65. The van der Waals surface area contributed by atoms with E-state index in [1.165, 1.54) is 6.33 Å². The van der Waals surface area contributed by atoms with Crippen molar-refractivity contribution >= 4 is 22.3 Å². The Morgan fingerprint density at radius 3 is 3.15 bits per heavy atom. The lowest BCUT2D eigenvalue weighted by molar-refractivity contribution is 0.183. The van der Waals surface area contributed by atoms with Crippen LogP contribution in [0.2, 0.25) is 0 Å². The van der Waals surface area contributed by atoms with Gasteiger partial charge in [-0.3, -0.25) is 4.79 Å². The number of nitrogens with two attached hydrogens (primary N) is 1. The van der Waals surface area contributed by atoms with Crippen LogP contribution in [0.15, 0.2) is 23.3 Å². The number of fused-ring (bicyclic) bond motifs is 1. The standard InChI is InChI=1S/C14H18N4O2/c1-8(9-2-3-20-6-9)18-13-5-12-10(4-11(13)15)14(19)17-7-16-12/h4-5,7-9,18H,2-3,6,15H2,1H3,(H,16,17,19). The Hall–Kier alpha value is -2.08. The molecule has 106 valence electrons. The summed E-state index contributed by atoms with van der Waals surface area (Å²) in [5.74, 6) is 0.484. The fraction of sp³-hybridized carbons (Fsp3) is 0.429. The number of nitrogens with one attached hydrogen (secondary N) is 2. The lowest BCUT2D eigenvalue weighted by atomic mass is 10.0. The molecule has 1 saturated heterocycles. The van der Waals surface area contributed by atoms with E-state index in [-0.39, 0.29) is 11.6 Å². The highest BCUT2D eigenvalue weighted by molar-refractivity contribution is 5.88. The van der Waals surface area contributed by atoms with Gasteiger partial charge in [-0.05, 0) is 25.5 Å². The number of rotatable bonds is 3. The highest BCUT2D eigenvalue weighted by Gasteiger charge is 2.22. The number of hydrogen-bond acceptors (Lipinski definition) is 5. The molecule has 0 amide bonds. The molecule has 2 aromatic rings. The number of H-pyrrole nitrogens is 1. The number of nitrogens with zero attached hydrogens (tertiary/aromatic N) is 1. The smallest absolute Gasteiger partial charge is 0.258 e. The minimum Gasteiger partial charge on any atom is -0.397 e. The largest absolute Gasteiger partial charge is 0.397 e. The van der Waals surface area contributed by atoms with Crippen LogP contribution in [0, 0.1) is 5.92 Å². The Bertz CT molecular complexity index is 676. The zero-order valence-corrected chi connectivity index (χ0v) is 11.3. The van der Waals surface area contributed by atoms with Crippen molar-refractivity contribution < 1.29 is 4.74 Å². The van der Waals surface area contributed by atoms with Crippen LogP contribution in [0.25, 0.3) is 10.9 Å². The molecular formula is C14H18N4O2. The molecule has 2 unspecified atom stereocenters. The molecule has 1 aliphatic rings. The van der Waals surface area contributed by atoms with Crippen molar-refractivity contribution in [1.82, 2.24) is 9.97 Å². The van der Waals surface area contributed by atoms with E-state index in [9.17, 15) is 4.79 Å². The van der Waals surface area contributed by atoms with Crippen molar-refractivity contribution in [3.05, 3.63) is 28.8 Å². The third-order valence-corrected chi connectivity index (χ3v) is 3.87. The van der Waals surface area contributed by atoms with Gasteiger partial charge in [0, 0.05) is 18.6 Å². The van der Waals surface area contributed by atoms with Crippen molar-refractivity contribution in [2.75, 3.05) is 24.3 Å². The van der Waals surface area contributed by atoms with E-state index in [4.69, 9.17) is 10.5 Å². The number of ether oxygens (including phenoxy) is 1. The number of aromatic amines is 1. The number of nitrogen functional groups attached to an aromatic ring is 1. The zero-order valence-electron chi connectivity index (χ0n) is 11.3. The maximum atomic E-state index is 11.7. The van der Waals surface area contributed by atoms with Gasteiger partial charge in [0.25, 0.3) is 5.56 Å². The molecular weight excluding hydrogens is 256 g/mol. The van der Waals surface area contributed by atoms with E-state index in [0.717, 1.165) is 25.3 Å². The summed E-state index contributed by atoms with van der Waals surface area (Å²) >= 11 is 0. The first-order valence-corrected chi connectivity index (χ1v) is 6.76. The second-order valence-electron chi connectivity index (χ2n) is 5.24. The molecule has 1 fully saturated rings. The number of hydrogen-bond donors (Lipinski definition) is 3. The molecule has 0 saturated carbocycles. The summed E-state index contributed by atoms with van der Waals surface area (Å²) in [7, 11) is 0. The van der Waals surface area contributed by atoms with Crippen LogP contribution in [-0.2, 0) is 4.74 Å². The summed E-state index contributed by atoms with van der Waals surface area (Å²) in [5, 5.41) is 3.91. The third-order valence-electron chi connectivity index (χ3n) is 3.87. The molecule has 0 bridgehead atoms. The van der Waals surface area contributed by atoms with Crippen LogP contribution in [0.3, 0.4) is 0 Å². The minimum atomic E-state index is -0.175. The van der Waals surface area contributed by atoms with Gasteiger partial charge in [0.15, 0.2) is 0 Å². The lowest BCUT2D eigenvalue weighted by Crippen LogP contribution is -2.26. The first-order valence-electron chi connectivity index (χ1n) is 6.76. The summed E-state index contributed by atoms with van der Waals surface area (Å²) in [6, 6.07) is 3.76. The molecule has 1 aromatic heterocycles. The van der Waals surface area contributed by atoms with Crippen molar-refractivity contribution in [1.29, 1.82) is 0 Å². The second-order valence-corrected chi connectivity index (χ2v) is 5.24. The quantitative estimate of drug-likeness (QED) is 0.734. The lowest BCUT2D eigenvalue weighted by Gasteiger charge is -2.21. The Morgan fingerprint density at radius 2 is 2.40 bits per heavy atom. The van der Waals surface area contributed by atoms with E-state index in [0.29, 0.717) is 22.5 Å². The summed E-state index contributed by atoms with van der Waals surface area (Å²) in [5.41, 5.74) is 7.86. The molecule has 0 radical (unpaired) electrons. The van der Waals surface area contributed by atoms with Gasteiger partial charge in [-0.1, -0.05) is 0 Å². The maximum Gasteiger partial charge on any atom is 0.258 e. The third kappa shape index (κ3) is 2.34. The first kappa shape index (κ1) is 12.9. The molecule has 4 N–H and O–H groups in total. The molecule has 1 aromatic carbocycles. The predicted octanol–water partition coefficient (Wildman–Crippen LogP) is 1.34. The molecule has 2 heterocycles. The average Bonchev–Trinajstić information content (AvgIpc) is 2.95. The molecule has 3 rings (SSSR count). The summed E-state index contributed by atoms with van der Waals surface area (Å²) < 4.78 is 5.40. The van der Waals surface area contributed by atoms with Gasteiger partial charge in [-0.15, -0.1) is 0 Å². The van der Waals surface area contributed by atoms with Gasteiger partial charge in [-0.2, -0.15) is 0 Å². The SMILES string of the molecule is CC(Nc1cc2nc[nH]c(=O)c2cc1N)C1CCOC1. The van der Waals surface area contributed by atoms with Crippen molar-refractivity contribution in [3.63, 3.8) is 0 Å². The van der Waals surface area contributed by atoms with E-state index in [1.807, 2.05) is 6.07 Å². The van der Waals surface area contributed by atoms with Gasteiger partial charge in [0.1, 0.15) is 0 Å². The molecule has 2 atom stereocenters. The van der Waals surface area contributed by atoms with Crippen LogP contribution < -0.4 is 16.6 Å². The molecule has 0 aliphatic carbocycles. The minimum absolute atomic E-state index is 0.175. The van der Waals surface area contributed by atoms with Gasteiger partial charge < -0.3 is 20.8 Å². The zero-order chi connectivity index (χ0) is 14.1. The number of benzene rings is 1. The van der Waals surface area contributed by atoms with Crippen LogP contribution in [0.4, 0.5) is 11.4 Å². The summed E-state index contributed by atoms with van der Waals surface area (Å²) in [6.07, 6.45) is 2.46. The Labute approximate surface area is 116 Å². The fourth-order valence-corrected chi connectivity index (χ4v) is 2.57. The number of aromatic nitrogens is 2. The molecule has 6 heteroatoms. The van der Waals surface area contributed by atoms with Crippen molar-refractivity contribution in [2.45, 2.75) is 19.4 Å². The van der Waals surface area contributed by atoms with Crippen LogP contribution in [0.5, 0.6) is 0 Å². The van der Waals surface area contributed by atoms with Crippen molar-refractivity contribution in [3.8, 4) is 0 Å².